The summed E-state index contributed by atoms with van der Waals surface area (Å²) in [6.45, 7) is 0. The molecule has 144 valence electrons. The van der Waals surface area contributed by atoms with Crippen molar-refractivity contribution in [2.75, 3.05) is 5.32 Å². The van der Waals surface area contributed by atoms with E-state index in [0.29, 0.717) is 28.7 Å². The Morgan fingerprint density at radius 1 is 1.10 bits per heavy atom. The first-order valence-electron chi connectivity index (χ1n) is 9.41. The maximum Gasteiger partial charge on any atom is 0.263 e. The zero-order valence-electron chi connectivity index (χ0n) is 15.8. The average molecular weight is 385 g/mol. The van der Waals surface area contributed by atoms with Gasteiger partial charge >= 0.3 is 0 Å². The number of rotatable bonds is 2. The molecule has 2 aromatic heterocycles. The summed E-state index contributed by atoms with van der Waals surface area (Å²) < 4.78 is 7.17. The lowest BCUT2D eigenvalue weighted by atomic mass is 9.99. The van der Waals surface area contributed by atoms with E-state index >= 15 is 0 Å². The van der Waals surface area contributed by atoms with Crippen molar-refractivity contribution in [3.05, 3.63) is 88.6 Å². The van der Waals surface area contributed by atoms with Crippen LogP contribution in [0.1, 0.15) is 23.8 Å². The molecule has 5 rings (SSSR count). The van der Waals surface area contributed by atoms with Gasteiger partial charge in [0.05, 0.1) is 34.9 Å². The lowest BCUT2D eigenvalue weighted by Gasteiger charge is -2.17. The number of aromatic nitrogens is 1. The SMILES string of the molecule is Cn1c(=O)c(C2=Nc3ccccc3N[C@H](c3ccco3)C2)c(O)c2ccccc21. The van der Waals surface area contributed by atoms with Gasteiger partial charge in [-0.05, 0) is 36.4 Å². The lowest BCUT2D eigenvalue weighted by Crippen LogP contribution is -2.26. The number of furan rings is 1. The van der Waals surface area contributed by atoms with Crippen LogP contribution in [0.3, 0.4) is 0 Å². The third kappa shape index (κ3) is 2.81. The largest absolute Gasteiger partial charge is 0.506 e. The zero-order valence-corrected chi connectivity index (χ0v) is 15.8. The molecule has 0 saturated heterocycles. The fourth-order valence-corrected chi connectivity index (χ4v) is 3.88. The smallest absolute Gasteiger partial charge is 0.263 e. The van der Waals surface area contributed by atoms with Crippen molar-refractivity contribution >= 4 is 28.0 Å². The van der Waals surface area contributed by atoms with Gasteiger partial charge in [0.25, 0.3) is 5.56 Å². The van der Waals surface area contributed by atoms with E-state index in [1.165, 1.54) is 0 Å². The molecule has 0 fully saturated rings. The van der Waals surface area contributed by atoms with Crippen LogP contribution < -0.4 is 10.9 Å². The molecule has 4 aromatic rings. The van der Waals surface area contributed by atoms with Crippen LogP contribution in [0, 0.1) is 0 Å². The number of anilines is 1. The number of hydrogen-bond donors (Lipinski definition) is 2. The molecule has 2 N–H and O–H groups in total. The summed E-state index contributed by atoms with van der Waals surface area (Å²) in [6.07, 6.45) is 2.01. The van der Waals surface area contributed by atoms with Crippen molar-refractivity contribution in [3.63, 3.8) is 0 Å². The number of aryl methyl sites for hydroxylation is 1. The predicted molar refractivity (Wildman–Crippen MR) is 113 cm³/mol. The zero-order chi connectivity index (χ0) is 20.0. The third-order valence-corrected chi connectivity index (χ3v) is 5.34. The van der Waals surface area contributed by atoms with Gasteiger partial charge in [0.15, 0.2) is 0 Å². The maximum atomic E-state index is 13.2. The Bertz CT molecular complexity index is 1300. The number of para-hydroxylation sites is 3. The van der Waals surface area contributed by atoms with Gasteiger partial charge in [0.1, 0.15) is 17.1 Å². The maximum absolute atomic E-state index is 13.2. The van der Waals surface area contributed by atoms with Gasteiger partial charge in [-0.15, -0.1) is 0 Å². The molecule has 2 aromatic carbocycles. The van der Waals surface area contributed by atoms with Gasteiger partial charge in [0, 0.05) is 18.9 Å². The molecule has 0 aliphatic carbocycles. The first-order valence-corrected chi connectivity index (χ1v) is 9.41. The van der Waals surface area contributed by atoms with E-state index in [1.807, 2.05) is 54.6 Å². The summed E-state index contributed by atoms with van der Waals surface area (Å²) in [5.74, 6) is 0.700. The van der Waals surface area contributed by atoms with Crippen molar-refractivity contribution in [3.8, 4) is 5.75 Å². The minimum absolute atomic E-state index is 0.0416. The molecular formula is C23H19N3O3. The number of nitrogens with zero attached hydrogens (tertiary/aromatic N) is 2. The molecule has 0 spiro atoms. The quantitative estimate of drug-likeness (QED) is 0.532. The van der Waals surface area contributed by atoms with Crippen molar-refractivity contribution < 1.29 is 9.52 Å². The second kappa shape index (κ2) is 6.67. The fraction of sp³-hybridized carbons (Fsp3) is 0.130. The number of pyridine rings is 1. The van der Waals surface area contributed by atoms with Crippen molar-refractivity contribution in [1.29, 1.82) is 0 Å². The molecule has 1 aliphatic rings. The van der Waals surface area contributed by atoms with Gasteiger partial charge < -0.3 is 19.4 Å². The van der Waals surface area contributed by atoms with Crippen LogP contribution in [0.15, 0.2) is 81.1 Å². The van der Waals surface area contributed by atoms with Crippen LogP contribution in [0.4, 0.5) is 11.4 Å². The second-order valence-corrected chi connectivity index (χ2v) is 7.10. The highest BCUT2D eigenvalue weighted by molar-refractivity contribution is 6.08. The Labute approximate surface area is 166 Å². The van der Waals surface area contributed by atoms with E-state index in [9.17, 15) is 9.90 Å². The lowest BCUT2D eigenvalue weighted by molar-refractivity contribution is 0.475. The van der Waals surface area contributed by atoms with Crippen LogP contribution in [0.2, 0.25) is 0 Å². The third-order valence-electron chi connectivity index (χ3n) is 5.34. The number of aromatic hydroxyl groups is 1. The van der Waals surface area contributed by atoms with Gasteiger partial charge in [-0.25, -0.2) is 0 Å². The minimum Gasteiger partial charge on any atom is -0.506 e. The first kappa shape index (κ1) is 17.3. The van der Waals surface area contributed by atoms with Crippen molar-refractivity contribution in [1.82, 2.24) is 4.57 Å². The Morgan fingerprint density at radius 3 is 2.72 bits per heavy atom. The van der Waals surface area contributed by atoms with Crippen LogP contribution in [-0.2, 0) is 7.05 Å². The van der Waals surface area contributed by atoms with E-state index in [-0.39, 0.29) is 22.9 Å². The van der Waals surface area contributed by atoms with E-state index in [1.54, 1.807) is 23.9 Å². The van der Waals surface area contributed by atoms with Crippen molar-refractivity contribution in [2.45, 2.75) is 12.5 Å². The normalized spacial score (nSPS) is 16.0. The molecular weight excluding hydrogens is 366 g/mol. The highest BCUT2D eigenvalue weighted by Crippen LogP contribution is 2.37. The summed E-state index contributed by atoms with van der Waals surface area (Å²) in [4.78, 5) is 18.0. The number of aliphatic imine (C=N–C) groups is 1. The highest BCUT2D eigenvalue weighted by atomic mass is 16.3. The molecule has 3 heterocycles. The molecule has 0 radical (unpaired) electrons. The van der Waals surface area contributed by atoms with E-state index < -0.39 is 0 Å². The van der Waals surface area contributed by atoms with Crippen LogP contribution in [0.5, 0.6) is 5.75 Å². The van der Waals surface area contributed by atoms with Crippen LogP contribution in [0.25, 0.3) is 10.9 Å². The second-order valence-electron chi connectivity index (χ2n) is 7.10. The Kier molecular flexibility index (Phi) is 3.98. The highest BCUT2D eigenvalue weighted by Gasteiger charge is 2.27. The molecule has 0 unspecified atom stereocenters. The van der Waals surface area contributed by atoms with Gasteiger partial charge in [-0.2, -0.15) is 0 Å². The number of hydrogen-bond acceptors (Lipinski definition) is 5. The summed E-state index contributed by atoms with van der Waals surface area (Å²) in [5.41, 5.74) is 2.70. The Hall–Kier alpha value is -3.80. The molecule has 1 aliphatic heterocycles. The number of nitrogens with one attached hydrogen (secondary N) is 1. The van der Waals surface area contributed by atoms with E-state index in [4.69, 9.17) is 9.41 Å². The average Bonchev–Trinajstić information content (AvgIpc) is 3.21. The summed E-state index contributed by atoms with van der Waals surface area (Å²) in [7, 11) is 1.71. The topological polar surface area (TPSA) is 79.8 Å². The first-order chi connectivity index (χ1) is 14.1. The van der Waals surface area contributed by atoms with Crippen LogP contribution >= 0.6 is 0 Å². The molecule has 29 heavy (non-hydrogen) atoms. The standard InChI is InChI=1S/C23H19N3O3/c1-26-19-10-5-2-7-14(19)22(27)21(23(26)28)18-13-17(20-11-6-12-29-20)24-15-8-3-4-9-16(15)25-18/h2-12,17,24,27H,13H2,1H3/t17-/m0/s1. The van der Waals surface area contributed by atoms with E-state index in [2.05, 4.69) is 5.32 Å². The number of benzene rings is 2. The van der Waals surface area contributed by atoms with Gasteiger partial charge in [-0.1, -0.05) is 24.3 Å². The molecule has 0 amide bonds. The molecule has 0 bridgehead atoms. The number of fused-ring (bicyclic) bond motifs is 2. The fourth-order valence-electron chi connectivity index (χ4n) is 3.88. The molecule has 1 atom stereocenters. The van der Waals surface area contributed by atoms with Crippen LogP contribution in [-0.4, -0.2) is 15.4 Å². The summed E-state index contributed by atoms with van der Waals surface area (Å²) in [6, 6.07) is 18.5. The summed E-state index contributed by atoms with van der Waals surface area (Å²) >= 11 is 0. The predicted octanol–water partition coefficient (Wildman–Crippen LogP) is 4.51. The molecule has 6 heteroatoms. The van der Waals surface area contributed by atoms with Crippen molar-refractivity contribution in [2.24, 2.45) is 12.0 Å². The molecule has 0 saturated carbocycles. The van der Waals surface area contributed by atoms with Gasteiger partial charge in [0.2, 0.25) is 0 Å². The van der Waals surface area contributed by atoms with Gasteiger partial charge in [-0.3, -0.25) is 9.79 Å². The Morgan fingerprint density at radius 2 is 1.90 bits per heavy atom. The monoisotopic (exact) mass is 385 g/mol. The minimum atomic E-state index is -0.280. The van der Waals surface area contributed by atoms with E-state index in [0.717, 1.165) is 11.4 Å². The Balaban J connectivity index is 1.76. The summed E-state index contributed by atoms with van der Waals surface area (Å²) in [5, 5.41) is 15.1. The molecule has 6 nitrogen and oxygen atoms in total.